The number of nitrogens with one attached hydrogen (secondary N) is 1. The van der Waals surface area contributed by atoms with Crippen molar-refractivity contribution in [1.82, 2.24) is 20.1 Å². The van der Waals surface area contributed by atoms with Gasteiger partial charge in [0.25, 0.3) is 5.91 Å². The molecule has 3 aliphatic rings. The van der Waals surface area contributed by atoms with Crippen molar-refractivity contribution >= 4 is 28.5 Å². The molecule has 2 aromatic carbocycles. The molecular formula is C27H25FN4O4. The van der Waals surface area contributed by atoms with Gasteiger partial charge in [0.2, 0.25) is 11.8 Å². The molecule has 0 aliphatic carbocycles. The Morgan fingerprint density at radius 3 is 2.86 bits per heavy atom. The standard InChI is InChI=1S/C27H25FN4O4/c28-23-3-1-2-16-10-18(29-12-22(16)23)14-31-9-8-20(15-31)36-19-4-5-21-17(11-19)13-32(27(21)35)24-6-7-25(33)30-26(24)34/h1-5,10-12,20,24H,6-9,13-15H2,(H,30,33,34). The highest BCUT2D eigenvalue weighted by atomic mass is 19.1. The summed E-state index contributed by atoms with van der Waals surface area (Å²) in [5.74, 6) is -0.482. The van der Waals surface area contributed by atoms with E-state index in [0.29, 0.717) is 36.2 Å². The molecular weight excluding hydrogens is 463 g/mol. The predicted octanol–water partition coefficient (Wildman–Crippen LogP) is 2.79. The maximum Gasteiger partial charge on any atom is 0.255 e. The average Bonchev–Trinajstić information content (AvgIpc) is 3.42. The van der Waals surface area contributed by atoms with Crippen molar-refractivity contribution < 1.29 is 23.5 Å². The monoisotopic (exact) mass is 488 g/mol. The summed E-state index contributed by atoms with van der Waals surface area (Å²) in [7, 11) is 0. The number of hydrogen-bond donors (Lipinski definition) is 1. The van der Waals surface area contributed by atoms with Gasteiger partial charge in [0.1, 0.15) is 23.7 Å². The van der Waals surface area contributed by atoms with Crippen molar-refractivity contribution in [3.05, 3.63) is 71.3 Å². The Hall–Kier alpha value is -3.85. The Kier molecular flexibility index (Phi) is 5.64. The van der Waals surface area contributed by atoms with Gasteiger partial charge in [-0.3, -0.25) is 29.6 Å². The first-order valence-corrected chi connectivity index (χ1v) is 12.1. The van der Waals surface area contributed by atoms with Crippen molar-refractivity contribution in [2.45, 2.75) is 44.5 Å². The number of carbonyl (C=O) groups excluding carboxylic acids is 3. The van der Waals surface area contributed by atoms with E-state index in [0.717, 1.165) is 36.2 Å². The molecule has 8 nitrogen and oxygen atoms in total. The number of rotatable bonds is 5. The number of aromatic nitrogens is 1. The molecule has 2 saturated heterocycles. The lowest BCUT2D eigenvalue weighted by molar-refractivity contribution is -0.136. The number of pyridine rings is 1. The second-order valence-electron chi connectivity index (χ2n) is 9.62. The van der Waals surface area contributed by atoms with Gasteiger partial charge in [-0.05, 0) is 54.1 Å². The largest absolute Gasteiger partial charge is 0.489 e. The summed E-state index contributed by atoms with van der Waals surface area (Å²) in [4.78, 5) is 44.8. The van der Waals surface area contributed by atoms with Crippen LogP contribution in [-0.2, 0) is 22.7 Å². The number of nitrogens with zero attached hydrogens (tertiary/aromatic N) is 3. The summed E-state index contributed by atoms with van der Waals surface area (Å²) in [5, 5.41) is 3.69. The lowest BCUT2D eigenvalue weighted by atomic mass is 10.0. The van der Waals surface area contributed by atoms with Gasteiger partial charge in [-0.1, -0.05) is 12.1 Å². The van der Waals surface area contributed by atoms with Crippen molar-refractivity contribution in [2.75, 3.05) is 13.1 Å². The number of halogens is 1. The Bertz CT molecular complexity index is 1390. The van der Waals surface area contributed by atoms with E-state index in [1.165, 1.54) is 11.0 Å². The van der Waals surface area contributed by atoms with Crippen molar-refractivity contribution in [2.24, 2.45) is 0 Å². The van der Waals surface area contributed by atoms with Crippen LogP contribution >= 0.6 is 0 Å². The molecule has 1 aromatic heterocycles. The minimum Gasteiger partial charge on any atom is -0.489 e. The molecule has 1 N–H and O–H groups in total. The first-order valence-electron chi connectivity index (χ1n) is 12.1. The van der Waals surface area contributed by atoms with E-state index in [4.69, 9.17) is 4.74 Å². The molecule has 0 radical (unpaired) electrons. The van der Waals surface area contributed by atoms with Crippen LogP contribution in [-0.4, -0.2) is 57.7 Å². The van der Waals surface area contributed by atoms with E-state index in [1.807, 2.05) is 18.2 Å². The van der Waals surface area contributed by atoms with Crippen LogP contribution in [0.1, 0.15) is 40.9 Å². The number of carbonyl (C=O) groups is 3. The van der Waals surface area contributed by atoms with Crippen LogP contribution in [0, 0.1) is 5.82 Å². The third-order valence-electron chi connectivity index (χ3n) is 7.18. The lowest BCUT2D eigenvalue weighted by Crippen LogP contribution is -2.52. The molecule has 4 heterocycles. The van der Waals surface area contributed by atoms with Crippen LogP contribution in [0.5, 0.6) is 5.75 Å². The van der Waals surface area contributed by atoms with Gasteiger partial charge in [0.05, 0.1) is 5.69 Å². The fourth-order valence-corrected chi connectivity index (χ4v) is 5.35. The second-order valence-corrected chi connectivity index (χ2v) is 9.62. The van der Waals surface area contributed by atoms with Crippen LogP contribution in [0.4, 0.5) is 4.39 Å². The van der Waals surface area contributed by atoms with Gasteiger partial charge in [0.15, 0.2) is 0 Å². The minimum atomic E-state index is -0.629. The molecule has 3 aliphatic heterocycles. The Labute approximate surface area is 207 Å². The highest BCUT2D eigenvalue weighted by Gasteiger charge is 2.39. The fourth-order valence-electron chi connectivity index (χ4n) is 5.35. The van der Waals surface area contributed by atoms with Crippen LogP contribution in [0.25, 0.3) is 10.8 Å². The summed E-state index contributed by atoms with van der Waals surface area (Å²) in [5.41, 5.74) is 2.28. The van der Waals surface area contributed by atoms with Crippen molar-refractivity contribution in [3.63, 3.8) is 0 Å². The summed E-state index contributed by atoms with van der Waals surface area (Å²) in [6.07, 6.45) is 3.03. The van der Waals surface area contributed by atoms with E-state index in [2.05, 4.69) is 15.2 Å². The molecule has 3 aromatic rings. The Balaban J connectivity index is 1.08. The van der Waals surface area contributed by atoms with Gasteiger partial charge < -0.3 is 9.64 Å². The fraction of sp³-hybridized carbons (Fsp3) is 0.333. The van der Waals surface area contributed by atoms with E-state index in [1.54, 1.807) is 24.4 Å². The second kappa shape index (κ2) is 8.98. The molecule has 0 bridgehead atoms. The van der Waals surface area contributed by atoms with Gasteiger partial charge >= 0.3 is 0 Å². The number of imide groups is 1. The quantitative estimate of drug-likeness (QED) is 0.556. The summed E-state index contributed by atoms with van der Waals surface area (Å²) in [6, 6.07) is 11.8. The Morgan fingerprint density at radius 1 is 1.11 bits per heavy atom. The van der Waals surface area contributed by atoms with E-state index in [9.17, 15) is 18.8 Å². The zero-order chi connectivity index (χ0) is 24.8. The summed E-state index contributed by atoms with van der Waals surface area (Å²) in [6.45, 7) is 2.58. The summed E-state index contributed by atoms with van der Waals surface area (Å²) < 4.78 is 20.2. The average molecular weight is 489 g/mol. The molecule has 6 rings (SSSR count). The number of likely N-dealkylation sites (tertiary alicyclic amines) is 1. The zero-order valence-electron chi connectivity index (χ0n) is 19.6. The zero-order valence-corrected chi connectivity index (χ0v) is 19.6. The molecule has 2 fully saturated rings. The van der Waals surface area contributed by atoms with Gasteiger partial charge in [-0.25, -0.2) is 4.39 Å². The van der Waals surface area contributed by atoms with Crippen LogP contribution < -0.4 is 10.1 Å². The smallest absolute Gasteiger partial charge is 0.255 e. The van der Waals surface area contributed by atoms with Gasteiger partial charge in [-0.15, -0.1) is 0 Å². The maximum atomic E-state index is 13.9. The topological polar surface area (TPSA) is 91.8 Å². The van der Waals surface area contributed by atoms with Crippen molar-refractivity contribution in [1.29, 1.82) is 0 Å². The van der Waals surface area contributed by atoms with Crippen LogP contribution in [0.3, 0.4) is 0 Å². The van der Waals surface area contributed by atoms with Crippen LogP contribution in [0.15, 0.2) is 48.7 Å². The first kappa shape index (κ1) is 22.6. The highest BCUT2D eigenvalue weighted by molar-refractivity contribution is 6.05. The van der Waals surface area contributed by atoms with Gasteiger partial charge in [0, 0.05) is 49.7 Å². The maximum absolute atomic E-state index is 13.9. The number of piperidine rings is 1. The Morgan fingerprint density at radius 2 is 2.00 bits per heavy atom. The molecule has 3 amide bonds. The minimum absolute atomic E-state index is 0.00398. The molecule has 2 unspecified atom stereocenters. The van der Waals surface area contributed by atoms with E-state index < -0.39 is 11.9 Å². The van der Waals surface area contributed by atoms with E-state index >= 15 is 0 Å². The first-order chi connectivity index (χ1) is 17.4. The molecule has 184 valence electrons. The van der Waals surface area contributed by atoms with E-state index in [-0.39, 0.29) is 30.2 Å². The molecule has 2 atom stereocenters. The SMILES string of the molecule is O=C1CCC(N2Cc3cc(OC4CCN(Cc5cc6cccc(F)c6cn5)C4)ccc3C2=O)C(=O)N1. The number of fused-ring (bicyclic) bond motifs is 2. The number of amides is 3. The number of benzene rings is 2. The predicted molar refractivity (Wildman–Crippen MR) is 128 cm³/mol. The van der Waals surface area contributed by atoms with Crippen LogP contribution in [0.2, 0.25) is 0 Å². The normalized spacial score (nSPS) is 22.2. The molecule has 0 spiro atoms. The third-order valence-corrected chi connectivity index (χ3v) is 7.18. The molecule has 36 heavy (non-hydrogen) atoms. The summed E-state index contributed by atoms with van der Waals surface area (Å²) >= 11 is 0. The molecule has 9 heteroatoms. The number of hydrogen-bond acceptors (Lipinski definition) is 6. The highest BCUT2D eigenvalue weighted by Crippen LogP contribution is 2.31. The third kappa shape index (κ3) is 4.19. The van der Waals surface area contributed by atoms with Gasteiger partial charge in [-0.2, -0.15) is 0 Å². The lowest BCUT2D eigenvalue weighted by Gasteiger charge is -2.29. The van der Waals surface area contributed by atoms with Crippen molar-refractivity contribution in [3.8, 4) is 5.75 Å². The number of ether oxygens (including phenoxy) is 1. The molecule has 0 saturated carbocycles.